The number of nitrogens with one attached hydrogen (secondary N) is 2. The van der Waals surface area contributed by atoms with Crippen LogP contribution >= 0.6 is 0 Å². The Hall–Kier alpha value is -4.41. The predicted octanol–water partition coefficient (Wildman–Crippen LogP) is 1.84. The van der Waals surface area contributed by atoms with Crippen LogP contribution in [-0.2, 0) is 9.59 Å². The summed E-state index contributed by atoms with van der Waals surface area (Å²) >= 11 is 0. The molecule has 0 spiro atoms. The van der Waals surface area contributed by atoms with E-state index in [1.165, 1.54) is 20.0 Å². The van der Waals surface area contributed by atoms with Gasteiger partial charge in [-0.25, -0.2) is 14.8 Å². The van der Waals surface area contributed by atoms with Gasteiger partial charge in [0.1, 0.15) is 11.3 Å². The van der Waals surface area contributed by atoms with Crippen molar-refractivity contribution in [1.29, 1.82) is 0 Å². The molecule has 0 bridgehead atoms. The van der Waals surface area contributed by atoms with Gasteiger partial charge in [-0.15, -0.1) is 0 Å². The molecule has 0 aromatic carbocycles. The molecule has 1 saturated heterocycles. The lowest BCUT2D eigenvalue weighted by Gasteiger charge is -2.32. The van der Waals surface area contributed by atoms with Crippen LogP contribution in [-0.4, -0.2) is 54.3 Å². The standard InChI is InChI=1S/C24H23N7O4/c1-13(32)27-20-6-3-15(11-26-20)18-4-5-19-21(28-18)22-17(12-25-19)23(34)29-24(35)31(22)16-7-9-30(10-8-16)14(2)33/h3-6,11-12,16H,7-10H2,1-2H3,(H,26,27,32)(H,29,34,35). The number of pyridine rings is 3. The summed E-state index contributed by atoms with van der Waals surface area (Å²) in [7, 11) is 0. The van der Waals surface area contributed by atoms with E-state index in [1.807, 2.05) is 0 Å². The van der Waals surface area contributed by atoms with Gasteiger partial charge < -0.3 is 10.2 Å². The van der Waals surface area contributed by atoms with Crippen molar-refractivity contribution in [3.63, 3.8) is 0 Å². The molecule has 5 heterocycles. The molecule has 1 aliphatic heterocycles. The minimum atomic E-state index is -0.523. The zero-order valence-electron chi connectivity index (χ0n) is 19.2. The first-order valence-electron chi connectivity index (χ1n) is 11.3. The SMILES string of the molecule is CC(=O)Nc1ccc(-c2ccc3ncc4c(=O)[nH]c(=O)n(C5CCN(C(C)=O)CC5)c4c3n2)cn1. The summed E-state index contributed by atoms with van der Waals surface area (Å²) in [6, 6.07) is 6.83. The molecular formula is C24H23N7O4. The Kier molecular flexibility index (Phi) is 5.59. The molecule has 5 rings (SSSR count). The largest absolute Gasteiger partial charge is 0.343 e. The second-order valence-corrected chi connectivity index (χ2v) is 8.56. The van der Waals surface area contributed by atoms with Gasteiger partial charge in [-0.05, 0) is 37.1 Å². The van der Waals surface area contributed by atoms with E-state index in [4.69, 9.17) is 4.98 Å². The van der Waals surface area contributed by atoms with Crippen LogP contribution in [0.3, 0.4) is 0 Å². The van der Waals surface area contributed by atoms with E-state index in [9.17, 15) is 19.2 Å². The maximum atomic E-state index is 13.0. The van der Waals surface area contributed by atoms with Gasteiger partial charge in [0, 0.05) is 50.9 Å². The number of amides is 2. The van der Waals surface area contributed by atoms with E-state index in [1.54, 1.807) is 39.9 Å². The van der Waals surface area contributed by atoms with E-state index in [2.05, 4.69) is 20.3 Å². The normalized spacial score (nSPS) is 14.4. The van der Waals surface area contributed by atoms with Gasteiger partial charge in [-0.1, -0.05) is 0 Å². The van der Waals surface area contributed by atoms with Gasteiger partial charge in [-0.2, -0.15) is 0 Å². The number of anilines is 1. The van der Waals surface area contributed by atoms with Gasteiger partial charge >= 0.3 is 5.69 Å². The molecule has 0 radical (unpaired) electrons. The van der Waals surface area contributed by atoms with Crippen LogP contribution in [0.4, 0.5) is 5.82 Å². The zero-order chi connectivity index (χ0) is 24.7. The third kappa shape index (κ3) is 4.16. The first-order chi connectivity index (χ1) is 16.8. The Bertz CT molecular complexity index is 1580. The third-order valence-electron chi connectivity index (χ3n) is 6.25. The lowest BCUT2D eigenvalue weighted by Crippen LogP contribution is -2.41. The summed E-state index contributed by atoms with van der Waals surface area (Å²) in [6.45, 7) is 4.00. The lowest BCUT2D eigenvalue weighted by atomic mass is 10.0. The molecule has 0 saturated carbocycles. The minimum absolute atomic E-state index is 0.00112. The fourth-order valence-corrected chi connectivity index (χ4v) is 4.54. The molecule has 2 N–H and O–H groups in total. The Morgan fingerprint density at radius 3 is 2.46 bits per heavy atom. The summed E-state index contributed by atoms with van der Waals surface area (Å²) in [4.78, 5) is 66.3. The van der Waals surface area contributed by atoms with E-state index in [0.717, 1.165) is 0 Å². The van der Waals surface area contributed by atoms with Crippen molar-refractivity contribution in [2.75, 3.05) is 18.4 Å². The summed E-state index contributed by atoms with van der Waals surface area (Å²) in [5.74, 6) is 0.205. The summed E-state index contributed by atoms with van der Waals surface area (Å²) in [6.07, 6.45) is 4.22. The molecule has 178 valence electrons. The van der Waals surface area contributed by atoms with Gasteiger partial charge in [0.25, 0.3) is 5.56 Å². The quantitative estimate of drug-likeness (QED) is 0.432. The summed E-state index contributed by atoms with van der Waals surface area (Å²) < 4.78 is 1.59. The van der Waals surface area contributed by atoms with Gasteiger partial charge in [0.05, 0.1) is 22.1 Å². The van der Waals surface area contributed by atoms with E-state index < -0.39 is 11.2 Å². The van der Waals surface area contributed by atoms with E-state index in [0.29, 0.717) is 59.6 Å². The lowest BCUT2D eigenvalue weighted by molar-refractivity contribution is -0.130. The Labute approximate surface area is 198 Å². The number of piperidine rings is 1. The molecule has 2 amide bonds. The molecule has 0 aliphatic carbocycles. The summed E-state index contributed by atoms with van der Waals surface area (Å²) in [5.41, 5.74) is 1.66. The molecule has 11 heteroatoms. The maximum Gasteiger partial charge on any atom is 0.329 e. The van der Waals surface area contributed by atoms with Gasteiger partial charge in [0.15, 0.2) is 0 Å². The zero-order valence-corrected chi connectivity index (χ0v) is 19.2. The number of rotatable bonds is 3. The smallest absolute Gasteiger partial charge is 0.329 e. The number of aromatic amines is 1. The molecule has 35 heavy (non-hydrogen) atoms. The van der Waals surface area contributed by atoms with E-state index >= 15 is 0 Å². The number of likely N-dealkylation sites (tertiary alicyclic amines) is 1. The van der Waals surface area contributed by atoms with Crippen molar-refractivity contribution in [3.05, 3.63) is 57.5 Å². The van der Waals surface area contributed by atoms with Crippen molar-refractivity contribution in [2.24, 2.45) is 0 Å². The molecule has 4 aromatic rings. The Morgan fingerprint density at radius 2 is 1.80 bits per heavy atom. The van der Waals surface area contributed by atoms with Crippen molar-refractivity contribution in [1.82, 2.24) is 29.4 Å². The van der Waals surface area contributed by atoms with Crippen LogP contribution in [0.2, 0.25) is 0 Å². The van der Waals surface area contributed by atoms with Crippen LogP contribution in [0, 0.1) is 0 Å². The molecule has 1 aliphatic rings. The number of hydrogen-bond donors (Lipinski definition) is 2. The van der Waals surface area contributed by atoms with Crippen molar-refractivity contribution < 1.29 is 9.59 Å². The van der Waals surface area contributed by atoms with Crippen LogP contribution < -0.4 is 16.6 Å². The van der Waals surface area contributed by atoms with Crippen LogP contribution in [0.5, 0.6) is 0 Å². The fourth-order valence-electron chi connectivity index (χ4n) is 4.54. The van der Waals surface area contributed by atoms with Gasteiger partial charge in [0.2, 0.25) is 11.8 Å². The Morgan fingerprint density at radius 1 is 1.03 bits per heavy atom. The minimum Gasteiger partial charge on any atom is -0.343 e. The van der Waals surface area contributed by atoms with Crippen molar-refractivity contribution in [2.45, 2.75) is 32.7 Å². The highest BCUT2D eigenvalue weighted by Crippen LogP contribution is 2.28. The monoisotopic (exact) mass is 473 g/mol. The number of H-pyrrole nitrogens is 1. The average Bonchev–Trinajstić information content (AvgIpc) is 2.84. The third-order valence-corrected chi connectivity index (χ3v) is 6.25. The van der Waals surface area contributed by atoms with Crippen LogP contribution in [0.15, 0.2) is 46.2 Å². The topological polar surface area (TPSA) is 143 Å². The molecule has 0 unspecified atom stereocenters. The molecule has 0 atom stereocenters. The number of fused-ring (bicyclic) bond motifs is 3. The maximum absolute atomic E-state index is 13.0. The second kappa shape index (κ2) is 8.75. The highest BCUT2D eigenvalue weighted by Gasteiger charge is 2.26. The number of carbonyl (C=O) groups is 2. The highest BCUT2D eigenvalue weighted by atomic mass is 16.2. The number of hydrogen-bond acceptors (Lipinski definition) is 7. The second-order valence-electron chi connectivity index (χ2n) is 8.56. The van der Waals surface area contributed by atoms with Crippen molar-refractivity contribution >= 4 is 39.6 Å². The van der Waals surface area contributed by atoms with Crippen LogP contribution in [0.25, 0.3) is 33.2 Å². The molecule has 4 aromatic heterocycles. The number of aromatic nitrogens is 5. The number of carbonyl (C=O) groups excluding carboxylic acids is 2. The number of nitrogens with zero attached hydrogens (tertiary/aromatic N) is 5. The molecular weight excluding hydrogens is 450 g/mol. The first kappa shape index (κ1) is 22.4. The predicted molar refractivity (Wildman–Crippen MR) is 130 cm³/mol. The van der Waals surface area contributed by atoms with Crippen molar-refractivity contribution in [3.8, 4) is 11.3 Å². The average molecular weight is 473 g/mol. The Balaban J connectivity index is 1.66. The fraction of sp³-hybridized carbons (Fsp3) is 0.292. The molecule has 1 fully saturated rings. The summed E-state index contributed by atoms with van der Waals surface area (Å²) in [5, 5.41) is 2.90. The first-order valence-corrected chi connectivity index (χ1v) is 11.3. The van der Waals surface area contributed by atoms with Crippen LogP contribution in [0.1, 0.15) is 32.7 Å². The van der Waals surface area contributed by atoms with Gasteiger partial charge in [-0.3, -0.25) is 28.9 Å². The highest BCUT2D eigenvalue weighted by molar-refractivity contribution is 6.01. The van der Waals surface area contributed by atoms with E-state index in [-0.39, 0.29) is 23.2 Å². The molecule has 11 nitrogen and oxygen atoms in total.